The Morgan fingerprint density at radius 1 is 1.24 bits per heavy atom. The lowest BCUT2D eigenvalue weighted by molar-refractivity contribution is -0.138. The number of carbonyl (C=O) groups excluding carboxylic acids is 2. The number of likely N-dealkylation sites (tertiary alicyclic amines) is 2. The maximum atomic E-state index is 12.4. The molecule has 2 amide bonds. The standard InChI is InChI=1S/C18H23N3O4/c1-19(2)18(23)10-21-13-5-6-20(14(13)8-17(21)22)9-12-3-4-15-16(7-12)25-11-24-15/h3-4,7,13-14H,5-6,8-11H2,1-2H3/t13-,14+/m1/s1. The van der Waals surface area contributed by atoms with E-state index in [0.29, 0.717) is 6.42 Å². The smallest absolute Gasteiger partial charge is 0.241 e. The molecule has 3 heterocycles. The van der Waals surface area contributed by atoms with Gasteiger partial charge >= 0.3 is 0 Å². The predicted octanol–water partition coefficient (Wildman–Crippen LogP) is 0.679. The predicted molar refractivity (Wildman–Crippen MR) is 90.2 cm³/mol. The van der Waals surface area contributed by atoms with Crippen LogP contribution in [0.2, 0.25) is 0 Å². The molecule has 134 valence electrons. The van der Waals surface area contributed by atoms with Crippen molar-refractivity contribution in [3.63, 3.8) is 0 Å². The first-order valence-corrected chi connectivity index (χ1v) is 8.65. The molecule has 0 saturated carbocycles. The topological polar surface area (TPSA) is 62.3 Å². The van der Waals surface area contributed by atoms with Crippen LogP contribution in [0, 0.1) is 0 Å². The van der Waals surface area contributed by atoms with Crippen molar-refractivity contribution in [3.8, 4) is 11.5 Å². The number of rotatable bonds is 4. The van der Waals surface area contributed by atoms with Crippen LogP contribution < -0.4 is 9.47 Å². The van der Waals surface area contributed by atoms with Crippen molar-refractivity contribution in [2.45, 2.75) is 31.5 Å². The summed E-state index contributed by atoms with van der Waals surface area (Å²) in [6, 6.07) is 6.33. The quantitative estimate of drug-likeness (QED) is 0.803. The van der Waals surface area contributed by atoms with Crippen molar-refractivity contribution in [1.29, 1.82) is 0 Å². The summed E-state index contributed by atoms with van der Waals surface area (Å²) in [5.41, 5.74) is 1.15. The maximum Gasteiger partial charge on any atom is 0.241 e. The summed E-state index contributed by atoms with van der Waals surface area (Å²) in [6.45, 7) is 2.17. The highest BCUT2D eigenvalue weighted by molar-refractivity contribution is 5.86. The number of fused-ring (bicyclic) bond motifs is 2. The van der Waals surface area contributed by atoms with E-state index in [1.807, 2.05) is 18.2 Å². The molecule has 0 unspecified atom stereocenters. The molecular weight excluding hydrogens is 322 g/mol. The fraction of sp³-hybridized carbons (Fsp3) is 0.556. The first-order valence-electron chi connectivity index (χ1n) is 8.65. The minimum absolute atomic E-state index is 0.0248. The van der Waals surface area contributed by atoms with Crippen LogP contribution in [0.4, 0.5) is 0 Å². The van der Waals surface area contributed by atoms with Crippen molar-refractivity contribution < 1.29 is 19.1 Å². The minimum Gasteiger partial charge on any atom is -0.454 e. The number of amides is 2. The summed E-state index contributed by atoms with van der Waals surface area (Å²) >= 11 is 0. The Hall–Kier alpha value is -2.28. The van der Waals surface area contributed by atoms with E-state index >= 15 is 0 Å². The molecular formula is C18H23N3O4. The zero-order valence-corrected chi connectivity index (χ0v) is 14.6. The highest BCUT2D eigenvalue weighted by Crippen LogP contribution is 2.36. The van der Waals surface area contributed by atoms with Crippen molar-refractivity contribution in [3.05, 3.63) is 23.8 Å². The van der Waals surface area contributed by atoms with E-state index in [0.717, 1.165) is 36.6 Å². The normalized spacial score (nSPS) is 24.7. The number of nitrogens with zero attached hydrogens (tertiary/aromatic N) is 3. The molecule has 3 aliphatic rings. The Balaban J connectivity index is 1.44. The van der Waals surface area contributed by atoms with Crippen molar-refractivity contribution >= 4 is 11.8 Å². The molecule has 0 bridgehead atoms. The Morgan fingerprint density at radius 3 is 2.84 bits per heavy atom. The van der Waals surface area contributed by atoms with Crippen molar-refractivity contribution in [2.75, 3.05) is 34.0 Å². The molecule has 4 rings (SSSR count). The Kier molecular flexibility index (Phi) is 4.03. The summed E-state index contributed by atoms with van der Waals surface area (Å²) in [5.74, 6) is 1.63. The van der Waals surface area contributed by atoms with Gasteiger partial charge in [-0.05, 0) is 24.1 Å². The molecule has 3 aliphatic heterocycles. The highest BCUT2D eigenvalue weighted by Gasteiger charge is 2.47. The van der Waals surface area contributed by atoms with Gasteiger partial charge in [0, 0.05) is 45.7 Å². The summed E-state index contributed by atoms with van der Waals surface area (Å²) < 4.78 is 10.8. The molecule has 1 aromatic rings. The van der Waals surface area contributed by atoms with Crippen LogP contribution >= 0.6 is 0 Å². The number of benzene rings is 1. The maximum absolute atomic E-state index is 12.4. The molecule has 7 heteroatoms. The third-order valence-corrected chi connectivity index (χ3v) is 5.36. The van der Waals surface area contributed by atoms with Crippen LogP contribution in [0.1, 0.15) is 18.4 Å². The van der Waals surface area contributed by atoms with E-state index in [2.05, 4.69) is 4.90 Å². The Morgan fingerprint density at radius 2 is 2.04 bits per heavy atom. The summed E-state index contributed by atoms with van der Waals surface area (Å²) in [6.07, 6.45) is 1.41. The van der Waals surface area contributed by atoms with Gasteiger partial charge in [0.25, 0.3) is 0 Å². The van der Waals surface area contributed by atoms with Gasteiger partial charge < -0.3 is 19.3 Å². The lowest BCUT2D eigenvalue weighted by Gasteiger charge is -2.26. The van der Waals surface area contributed by atoms with Gasteiger partial charge in [-0.15, -0.1) is 0 Å². The summed E-state index contributed by atoms with van der Waals surface area (Å²) in [7, 11) is 3.45. The molecule has 2 saturated heterocycles. The van der Waals surface area contributed by atoms with E-state index in [1.165, 1.54) is 0 Å². The Labute approximate surface area is 147 Å². The van der Waals surface area contributed by atoms with Crippen molar-refractivity contribution in [2.24, 2.45) is 0 Å². The van der Waals surface area contributed by atoms with Gasteiger partial charge in [-0.1, -0.05) is 6.07 Å². The highest BCUT2D eigenvalue weighted by atomic mass is 16.7. The number of hydrogen-bond acceptors (Lipinski definition) is 5. The number of ether oxygens (including phenoxy) is 2. The van der Waals surface area contributed by atoms with Gasteiger partial charge in [-0.3, -0.25) is 14.5 Å². The summed E-state index contributed by atoms with van der Waals surface area (Å²) in [5, 5.41) is 0. The van der Waals surface area contributed by atoms with Gasteiger partial charge in [-0.25, -0.2) is 0 Å². The number of hydrogen-bond donors (Lipinski definition) is 0. The van der Waals surface area contributed by atoms with Gasteiger partial charge in [0.2, 0.25) is 18.6 Å². The van der Waals surface area contributed by atoms with Gasteiger partial charge in [-0.2, -0.15) is 0 Å². The lowest BCUT2D eigenvalue weighted by Crippen LogP contribution is -2.43. The Bertz CT molecular complexity index is 706. The average Bonchev–Trinajstić information content (AvgIpc) is 3.26. The van der Waals surface area contributed by atoms with Crippen LogP contribution in [0.3, 0.4) is 0 Å². The van der Waals surface area contributed by atoms with Gasteiger partial charge in [0.1, 0.15) is 6.54 Å². The first-order chi connectivity index (χ1) is 12.0. The zero-order chi connectivity index (χ0) is 17.6. The van der Waals surface area contributed by atoms with Crippen LogP contribution in [-0.2, 0) is 16.1 Å². The van der Waals surface area contributed by atoms with E-state index < -0.39 is 0 Å². The molecule has 7 nitrogen and oxygen atoms in total. The number of likely N-dealkylation sites (N-methyl/N-ethyl adjacent to an activating group) is 1. The number of carbonyl (C=O) groups is 2. The molecule has 2 fully saturated rings. The average molecular weight is 345 g/mol. The SMILES string of the molecule is CN(C)C(=O)CN1C(=O)C[C@H]2[C@H]1CCN2Cc1ccc2c(c1)OCO2. The second-order valence-corrected chi connectivity index (χ2v) is 7.10. The van der Waals surface area contributed by atoms with E-state index in [4.69, 9.17) is 9.47 Å². The largest absolute Gasteiger partial charge is 0.454 e. The fourth-order valence-corrected chi connectivity index (χ4v) is 3.97. The van der Waals surface area contributed by atoms with Gasteiger partial charge in [0.15, 0.2) is 11.5 Å². The molecule has 0 spiro atoms. The van der Waals surface area contributed by atoms with Gasteiger partial charge in [0.05, 0.1) is 0 Å². The van der Waals surface area contributed by atoms with E-state index in [9.17, 15) is 9.59 Å². The third-order valence-electron chi connectivity index (χ3n) is 5.36. The second kappa shape index (κ2) is 6.22. The van der Waals surface area contributed by atoms with Crippen LogP contribution in [0.5, 0.6) is 11.5 Å². The second-order valence-electron chi connectivity index (χ2n) is 7.10. The van der Waals surface area contributed by atoms with Crippen LogP contribution in [0.15, 0.2) is 18.2 Å². The molecule has 0 aliphatic carbocycles. The van der Waals surface area contributed by atoms with Crippen molar-refractivity contribution in [1.82, 2.24) is 14.7 Å². The van der Waals surface area contributed by atoms with Crippen LogP contribution in [0.25, 0.3) is 0 Å². The zero-order valence-electron chi connectivity index (χ0n) is 14.6. The molecule has 0 N–H and O–H groups in total. The molecule has 1 aromatic carbocycles. The fourth-order valence-electron chi connectivity index (χ4n) is 3.97. The lowest BCUT2D eigenvalue weighted by atomic mass is 10.1. The molecule has 25 heavy (non-hydrogen) atoms. The van der Waals surface area contributed by atoms with E-state index in [1.54, 1.807) is 23.9 Å². The minimum atomic E-state index is -0.0248. The molecule has 0 aromatic heterocycles. The van der Waals surface area contributed by atoms with Crippen LogP contribution in [-0.4, -0.2) is 72.6 Å². The van der Waals surface area contributed by atoms with E-state index in [-0.39, 0.29) is 37.2 Å². The first kappa shape index (κ1) is 16.2. The molecule has 0 radical (unpaired) electrons. The third kappa shape index (κ3) is 2.93. The monoisotopic (exact) mass is 345 g/mol. The molecule has 2 atom stereocenters. The summed E-state index contributed by atoms with van der Waals surface area (Å²) in [4.78, 5) is 30.1.